The average molecular weight is 369 g/mol. The van der Waals surface area contributed by atoms with E-state index in [1.165, 1.54) is 12.1 Å². The second-order valence-electron chi connectivity index (χ2n) is 7.35. The molecule has 2 N–H and O–H groups in total. The van der Waals surface area contributed by atoms with Crippen LogP contribution in [0.15, 0.2) is 12.1 Å². The van der Waals surface area contributed by atoms with Gasteiger partial charge in [-0.15, -0.1) is 0 Å². The number of nitrogens with one attached hydrogen (secondary N) is 2. The van der Waals surface area contributed by atoms with Gasteiger partial charge in [0.25, 0.3) is 5.91 Å². The number of halogens is 2. The highest BCUT2D eigenvalue weighted by Crippen LogP contribution is 2.32. The molecule has 2 aromatic rings. The fourth-order valence-corrected chi connectivity index (χ4v) is 6.58. The Morgan fingerprint density at radius 1 is 1.26 bits per heavy atom. The third-order valence-corrected chi connectivity index (χ3v) is 8.77. The molecule has 1 aromatic carbocycles. The van der Waals surface area contributed by atoms with Crippen LogP contribution in [0.25, 0.3) is 10.9 Å². The molecule has 6 heteroatoms. The van der Waals surface area contributed by atoms with Crippen molar-refractivity contribution < 1.29 is 4.79 Å². The lowest BCUT2D eigenvalue weighted by molar-refractivity contribution is 0.0929. The second kappa shape index (κ2) is 6.15. The molecule has 1 fully saturated rings. The van der Waals surface area contributed by atoms with Crippen LogP contribution in [0.1, 0.15) is 28.9 Å². The van der Waals surface area contributed by atoms with E-state index in [0.717, 1.165) is 29.3 Å². The molecular formula is C17H22Cl2N2OSi. The second-order valence-corrected chi connectivity index (χ2v) is 13.5. The molecule has 0 radical (unpaired) electrons. The normalized spacial score (nSPS) is 18.3. The Morgan fingerprint density at radius 2 is 1.91 bits per heavy atom. The Morgan fingerprint density at radius 3 is 2.57 bits per heavy atom. The van der Waals surface area contributed by atoms with Gasteiger partial charge in [0.2, 0.25) is 0 Å². The minimum atomic E-state index is -1.00. The van der Waals surface area contributed by atoms with Gasteiger partial charge in [0.15, 0.2) is 0 Å². The third kappa shape index (κ3) is 3.44. The molecule has 3 rings (SSSR count). The maximum Gasteiger partial charge on any atom is 0.268 e. The van der Waals surface area contributed by atoms with Crippen molar-refractivity contribution in [1.29, 1.82) is 0 Å². The number of hydrogen-bond acceptors (Lipinski definition) is 1. The summed E-state index contributed by atoms with van der Waals surface area (Å²) in [5.41, 5.74) is 2.28. The summed E-state index contributed by atoms with van der Waals surface area (Å²) in [4.78, 5) is 15.8. The Hall–Kier alpha value is -0.973. The fourth-order valence-electron chi connectivity index (χ4n) is 3.43. The van der Waals surface area contributed by atoms with Crippen LogP contribution in [0.5, 0.6) is 0 Å². The summed E-state index contributed by atoms with van der Waals surface area (Å²) in [6.45, 7) is 6.78. The van der Waals surface area contributed by atoms with E-state index < -0.39 is 8.07 Å². The van der Waals surface area contributed by atoms with Crippen molar-refractivity contribution in [3.8, 4) is 0 Å². The molecule has 0 saturated carbocycles. The zero-order valence-corrected chi connectivity index (χ0v) is 16.2. The summed E-state index contributed by atoms with van der Waals surface area (Å²) in [5.74, 6) is -0.0442. The molecular weight excluding hydrogens is 347 g/mol. The van der Waals surface area contributed by atoms with Crippen LogP contribution in [0.4, 0.5) is 0 Å². The summed E-state index contributed by atoms with van der Waals surface area (Å²) < 4.78 is 0. The number of H-pyrrole nitrogens is 1. The lowest BCUT2D eigenvalue weighted by Gasteiger charge is -2.33. The molecule has 1 aliphatic heterocycles. The van der Waals surface area contributed by atoms with Crippen LogP contribution >= 0.6 is 23.2 Å². The molecule has 0 atom stereocenters. The first kappa shape index (κ1) is 16.9. The first-order chi connectivity index (χ1) is 10.8. The lowest BCUT2D eigenvalue weighted by atomic mass is 10.1. The summed E-state index contributed by atoms with van der Waals surface area (Å²) in [6, 6.07) is 6.37. The van der Waals surface area contributed by atoms with Gasteiger partial charge in [-0.3, -0.25) is 4.79 Å². The molecule has 23 heavy (non-hydrogen) atoms. The van der Waals surface area contributed by atoms with Crippen LogP contribution in [-0.4, -0.2) is 25.0 Å². The summed E-state index contributed by atoms with van der Waals surface area (Å²) in [7, 11) is -1.00. The average Bonchev–Trinajstić information content (AvgIpc) is 2.78. The highest BCUT2D eigenvalue weighted by atomic mass is 35.5. The SMILES string of the molecule is Cc1c(C(=O)NC2CC[Si](C)(C)CC2)[nH]c2cc(Cl)cc(Cl)c12. The topological polar surface area (TPSA) is 44.9 Å². The van der Waals surface area contributed by atoms with Gasteiger partial charge in [-0.1, -0.05) is 48.4 Å². The van der Waals surface area contributed by atoms with Crippen LogP contribution in [0, 0.1) is 6.92 Å². The largest absolute Gasteiger partial charge is 0.350 e. The standard InChI is InChI=1S/C17H22Cl2N2OSi/c1-10-15-13(19)8-11(18)9-14(15)21-16(10)17(22)20-12-4-6-23(2,3)7-5-12/h8-9,12,21H,4-7H2,1-3H3,(H,20,22). The molecule has 1 aliphatic rings. The number of rotatable bonds is 2. The van der Waals surface area contributed by atoms with Gasteiger partial charge in [-0.25, -0.2) is 0 Å². The number of carbonyl (C=O) groups excluding carboxylic acids is 1. The van der Waals surface area contributed by atoms with Gasteiger partial charge in [0.05, 0.1) is 5.02 Å². The van der Waals surface area contributed by atoms with Gasteiger partial charge in [-0.2, -0.15) is 0 Å². The lowest BCUT2D eigenvalue weighted by Crippen LogP contribution is -2.42. The molecule has 0 unspecified atom stereocenters. The molecule has 0 bridgehead atoms. The molecule has 3 nitrogen and oxygen atoms in total. The summed E-state index contributed by atoms with van der Waals surface area (Å²) >= 11 is 12.3. The van der Waals surface area contributed by atoms with Gasteiger partial charge < -0.3 is 10.3 Å². The predicted octanol–water partition coefficient (Wildman–Crippen LogP) is 5.38. The Bertz CT molecular complexity index is 760. The minimum Gasteiger partial charge on any atom is -0.350 e. The molecule has 2 heterocycles. The molecule has 124 valence electrons. The zero-order chi connectivity index (χ0) is 16.8. The number of aromatic nitrogens is 1. The van der Waals surface area contributed by atoms with E-state index in [4.69, 9.17) is 23.2 Å². The van der Waals surface area contributed by atoms with E-state index >= 15 is 0 Å². The summed E-state index contributed by atoms with van der Waals surface area (Å²) in [5, 5.41) is 5.20. The van der Waals surface area contributed by atoms with Gasteiger partial charge in [-0.05, 0) is 37.5 Å². The smallest absolute Gasteiger partial charge is 0.268 e. The number of amides is 1. The molecule has 1 saturated heterocycles. The molecule has 0 aliphatic carbocycles. The quantitative estimate of drug-likeness (QED) is 0.686. The number of benzene rings is 1. The number of aryl methyl sites for hydroxylation is 1. The van der Waals surface area contributed by atoms with Gasteiger partial charge in [0, 0.05) is 30.0 Å². The van der Waals surface area contributed by atoms with Crippen LogP contribution in [-0.2, 0) is 0 Å². The van der Waals surface area contributed by atoms with E-state index in [-0.39, 0.29) is 11.9 Å². The van der Waals surface area contributed by atoms with E-state index in [9.17, 15) is 4.79 Å². The highest BCUT2D eigenvalue weighted by molar-refractivity contribution is 6.77. The van der Waals surface area contributed by atoms with Gasteiger partial charge >= 0.3 is 0 Å². The van der Waals surface area contributed by atoms with E-state index in [1.54, 1.807) is 12.1 Å². The first-order valence-electron chi connectivity index (χ1n) is 8.05. The van der Waals surface area contributed by atoms with Gasteiger partial charge in [0.1, 0.15) is 5.69 Å². The van der Waals surface area contributed by atoms with Crippen LogP contribution in [0.3, 0.4) is 0 Å². The fraction of sp³-hybridized carbons (Fsp3) is 0.471. The molecule has 1 aromatic heterocycles. The van der Waals surface area contributed by atoms with Crippen molar-refractivity contribution in [2.45, 2.75) is 51.0 Å². The van der Waals surface area contributed by atoms with Crippen LogP contribution in [0.2, 0.25) is 35.2 Å². The van der Waals surface area contributed by atoms with Crippen molar-refractivity contribution in [1.82, 2.24) is 10.3 Å². The minimum absolute atomic E-state index is 0.0442. The van der Waals surface area contributed by atoms with Crippen LogP contribution < -0.4 is 5.32 Å². The number of aromatic amines is 1. The van der Waals surface area contributed by atoms with Crippen molar-refractivity contribution in [3.05, 3.63) is 33.4 Å². The first-order valence-corrected chi connectivity index (χ1v) is 12.2. The number of hydrogen-bond donors (Lipinski definition) is 2. The number of fused-ring (bicyclic) bond motifs is 1. The highest BCUT2D eigenvalue weighted by Gasteiger charge is 2.30. The Labute approximate surface area is 147 Å². The monoisotopic (exact) mass is 368 g/mol. The van der Waals surface area contributed by atoms with Crippen molar-refractivity contribution in [2.24, 2.45) is 0 Å². The van der Waals surface area contributed by atoms with E-state index in [0.29, 0.717) is 15.7 Å². The van der Waals surface area contributed by atoms with E-state index in [2.05, 4.69) is 23.4 Å². The maximum absolute atomic E-state index is 12.7. The molecule has 0 spiro atoms. The maximum atomic E-state index is 12.7. The third-order valence-electron chi connectivity index (χ3n) is 4.97. The Kier molecular flexibility index (Phi) is 4.51. The van der Waals surface area contributed by atoms with Crippen molar-refractivity contribution in [3.63, 3.8) is 0 Å². The number of carbonyl (C=O) groups is 1. The predicted molar refractivity (Wildman–Crippen MR) is 101 cm³/mol. The van der Waals surface area contributed by atoms with Crippen molar-refractivity contribution in [2.75, 3.05) is 0 Å². The van der Waals surface area contributed by atoms with Crippen molar-refractivity contribution >= 4 is 48.1 Å². The van der Waals surface area contributed by atoms with E-state index in [1.807, 2.05) is 6.92 Å². The zero-order valence-electron chi connectivity index (χ0n) is 13.7. The molecule has 1 amide bonds. The Balaban J connectivity index is 1.82. The summed E-state index contributed by atoms with van der Waals surface area (Å²) in [6.07, 6.45) is 2.19.